The first-order valence-corrected chi connectivity index (χ1v) is 13.3. The van der Waals surface area contributed by atoms with Crippen molar-refractivity contribution in [2.24, 2.45) is 5.92 Å². The minimum atomic E-state index is -3.59. The standard InChI is InChI=1S/C29H29N3O2S/c1-22-11-15-28(16-12-22)35(33,34)31-20-25(18-24-8-4-3-5-9-24)26(21-31)19-27-14-13-23(2)32(27)29-10-6-7-17-30-29/h3-18,26H,19-21H2,1-2H3/b25-18+/t26-/m0/s1. The number of hydrogen-bond donors (Lipinski definition) is 0. The van der Waals surface area contributed by atoms with Crippen LogP contribution in [0.4, 0.5) is 0 Å². The number of benzene rings is 2. The second-order valence-corrected chi connectivity index (χ2v) is 11.1. The van der Waals surface area contributed by atoms with Crippen LogP contribution < -0.4 is 0 Å². The lowest BCUT2D eigenvalue weighted by Crippen LogP contribution is -2.29. The van der Waals surface area contributed by atoms with Gasteiger partial charge in [0.25, 0.3) is 0 Å². The van der Waals surface area contributed by atoms with Gasteiger partial charge in [-0.05, 0) is 67.8 Å². The van der Waals surface area contributed by atoms with E-state index in [1.54, 1.807) is 22.6 Å². The summed E-state index contributed by atoms with van der Waals surface area (Å²) < 4.78 is 30.8. The molecule has 5 rings (SSSR count). The molecule has 0 bridgehead atoms. The molecule has 2 aromatic carbocycles. The van der Waals surface area contributed by atoms with Crippen molar-refractivity contribution >= 4 is 16.1 Å². The van der Waals surface area contributed by atoms with E-state index < -0.39 is 10.0 Å². The molecule has 35 heavy (non-hydrogen) atoms. The quantitative estimate of drug-likeness (QED) is 0.367. The van der Waals surface area contributed by atoms with Crippen LogP contribution >= 0.6 is 0 Å². The third kappa shape index (κ3) is 4.85. The number of aryl methyl sites for hydroxylation is 2. The van der Waals surface area contributed by atoms with Crippen LogP contribution in [0.2, 0.25) is 0 Å². The lowest BCUT2D eigenvalue weighted by Gasteiger charge is -2.17. The van der Waals surface area contributed by atoms with Gasteiger partial charge < -0.3 is 4.57 Å². The van der Waals surface area contributed by atoms with Gasteiger partial charge in [-0.15, -0.1) is 0 Å². The minimum absolute atomic E-state index is 0.0622. The Kier molecular flexibility index (Phi) is 6.41. The lowest BCUT2D eigenvalue weighted by molar-refractivity contribution is 0.454. The first-order chi connectivity index (χ1) is 16.9. The van der Waals surface area contributed by atoms with E-state index in [0.717, 1.165) is 40.3 Å². The molecule has 0 amide bonds. The van der Waals surface area contributed by atoms with Crippen molar-refractivity contribution in [3.05, 3.63) is 119 Å². The molecule has 2 aromatic heterocycles. The highest BCUT2D eigenvalue weighted by Gasteiger charge is 2.36. The molecule has 1 saturated heterocycles. The van der Waals surface area contributed by atoms with Crippen molar-refractivity contribution in [3.8, 4) is 5.82 Å². The van der Waals surface area contributed by atoms with E-state index >= 15 is 0 Å². The molecule has 0 N–H and O–H groups in total. The van der Waals surface area contributed by atoms with Crippen LogP contribution in [-0.4, -0.2) is 35.4 Å². The Morgan fingerprint density at radius 1 is 0.914 bits per heavy atom. The molecule has 1 fully saturated rings. The molecule has 0 unspecified atom stereocenters. The first-order valence-electron chi connectivity index (χ1n) is 11.8. The van der Waals surface area contributed by atoms with Gasteiger partial charge in [0.05, 0.1) is 4.90 Å². The van der Waals surface area contributed by atoms with Crippen molar-refractivity contribution in [2.45, 2.75) is 25.2 Å². The van der Waals surface area contributed by atoms with Crippen molar-refractivity contribution in [1.82, 2.24) is 13.9 Å². The minimum Gasteiger partial charge on any atom is -0.303 e. The number of hydrogen-bond acceptors (Lipinski definition) is 3. The Bertz CT molecular complexity index is 1440. The number of pyridine rings is 1. The Morgan fingerprint density at radius 3 is 2.37 bits per heavy atom. The third-order valence-electron chi connectivity index (χ3n) is 6.61. The zero-order chi connectivity index (χ0) is 24.4. The van der Waals surface area contributed by atoms with Crippen molar-refractivity contribution in [3.63, 3.8) is 0 Å². The second-order valence-electron chi connectivity index (χ2n) is 9.13. The fraction of sp³-hybridized carbons (Fsp3) is 0.207. The normalized spacial score (nSPS) is 17.8. The SMILES string of the molecule is Cc1ccc(S(=O)(=O)N2C/C(=C\c3ccccc3)[C@@H](Cc3ccc(C)n3-c3ccccn3)C2)cc1. The maximum atomic E-state index is 13.5. The van der Waals surface area contributed by atoms with E-state index in [0.29, 0.717) is 18.0 Å². The molecule has 0 spiro atoms. The van der Waals surface area contributed by atoms with Gasteiger partial charge in [0.2, 0.25) is 10.0 Å². The second kappa shape index (κ2) is 9.64. The fourth-order valence-corrected chi connectivity index (χ4v) is 6.22. The molecule has 5 nitrogen and oxygen atoms in total. The van der Waals surface area contributed by atoms with E-state index in [-0.39, 0.29) is 5.92 Å². The van der Waals surface area contributed by atoms with Gasteiger partial charge in [0, 0.05) is 36.6 Å². The highest BCUT2D eigenvalue weighted by Crippen LogP contribution is 2.33. The largest absolute Gasteiger partial charge is 0.303 e. The molecular formula is C29H29N3O2S. The van der Waals surface area contributed by atoms with E-state index in [4.69, 9.17) is 0 Å². The fourth-order valence-electron chi connectivity index (χ4n) is 4.74. The van der Waals surface area contributed by atoms with Crippen LogP contribution in [0.1, 0.15) is 22.5 Å². The van der Waals surface area contributed by atoms with Crippen LogP contribution in [-0.2, 0) is 16.4 Å². The van der Waals surface area contributed by atoms with Crippen LogP contribution in [0.3, 0.4) is 0 Å². The molecule has 0 radical (unpaired) electrons. The van der Waals surface area contributed by atoms with Crippen LogP contribution in [0.5, 0.6) is 0 Å². The number of rotatable bonds is 6. The summed E-state index contributed by atoms with van der Waals surface area (Å²) in [7, 11) is -3.59. The summed E-state index contributed by atoms with van der Waals surface area (Å²) >= 11 is 0. The van der Waals surface area contributed by atoms with Gasteiger partial charge >= 0.3 is 0 Å². The molecule has 4 aromatic rings. The third-order valence-corrected chi connectivity index (χ3v) is 8.43. The van der Waals surface area contributed by atoms with Gasteiger partial charge in [0.1, 0.15) is 5.82 Å². The van der Waals surface area contributed by atoms with Gasteiger partial charge in [-0.2, -0.15) is 4.31 Å². The van der Waals surface area contributed by atoms with Crippen LogP contribution in [0.15, 0.2) is 102 Å². The first kappa shape index (κ1) is 23.3. The summed E-state index contributed by atoms with van der Waals surface area (Å²) in [5, 5.41) is 0. The van der Waals surface area contributed by atoms with Crippen LogP contribution in [0.25, 0.3) is 11.9 Å². The summed E-state index contributed by atoms with van der Waals surface area (Å²) in [5.74, 6) is 0.938. The lowest BCUT2D eigenvalue weighted by atomic mass is 9.95. The van der Waals surface area contributed by atoms with E-state index in [1.807, 2.05) is 55.5 Å². The number of nitrogens with zero attached hydrogens (tertiary/aromatic N) is 3. The van der Waals surface area contributed by atoms with Crippen LogP contribution in [0, 0.1) is 19.8 Å². The summed E-state index contributed by atoms with van der Waals surface area (Å²) in [6, 6.07) is 27.3. The molecule has 1 atom stereocenters. The Morgan fingerprint density at radius 2 is 1.66 bits per heavy atom. The zero-order valence-electron chi connectivity index (χ0n) is 20.0. The smallest absolute Gasteiger partial charge is 0.243 e. The molecule has 0 aliphatic carbocycles. The maximum Gasteiger partial charge on any atom is 0.243 e. The average Bonchev–Trinajstić information content (AvgIpc) is 3.44. The Balaban J connectivity index is 1.50. The summed E-state index contributed by atoms with van der Waals surface area (Å²) in [6.07, 6.45) is 4.67. The molecular weight excluding hydrogens is 454 g/mol. The summed E-state index contributed by atoms with van der Waals surface area (Å²) in [4.78, 5) is 4.89. The maximum absolute atomic E-state index is 13.5. The van der Waals surface area contributed by atoms with Gasteiger partial charge in [-0.3, -0.25) is 0 Å². The molecule has 1 aliphatic heterocycles. The average molecular weight is 484 g/mol. The number of aromatic nitrogens is 2. The molecule has 178 valence electrons. The van der Waals surface area contributed by atoms with E-state index in [2.05, 4.69) is 46.8 Å². The predicted octanol–water partition coefficient (Wildman–Crippen LogP) is 5.44. The van der Waals surface area contributed by atoms with Gasteiger partial charge in [-0.25, -0.2) is 13.4 Å². The highest BCUT2D eigenvalue weighted by atomic mass is 32.2. The monoisotopic (exact) mass is 483 g/mol. The van der Waals surface area contributed by atoms with Crippen molar-refractivity contribution in [1.29, 1.82) is 0 Å². The Hall–Kier alpha value is -3.48. The van der Waals surface area contributed by atoms with Gasteiger partial charge in [0.15, 0.2) is 0 Å². The highest BCUT2D eigenvalue weighted by molar-refractivity contribution is 7.89. The molecule has 6 heteroatoms. The molecule has 1 aliphatic rings. The van der Waals surface area contributed by atoms with E-state index in [1.165, 1.54) is 0 Å². The topological polar surface area (TPSA) is 55.2 Å². The molecule has 0 saturated carbocycles. The predicted molar refractivity (Wildman–Crippen MR) is 140 cm³/mol. The van der Waals surface area contributed by atoms with Gasteiger partial charge in [-0.1, -0.05) is 60.2 Å². The van der Waals surface area contributed by atoms with E-state index in [9.17, 15) is 8.42 Å². The molecule has 3 heterocycles. The Labute approximate surface area is 207 Å². The zero-order valence-corrected chi connectivity index (χ0v) is 20.8. The van der Waals surface area contributed by atoms with Crippen molar-refractivity contribution in [2.75, 3.05) is 13.1 Å². The summed E-state index contributed by atoms with van der Waals surface area (Å²) in [5.41, 5.74) is 5.48. The van der Waals surface area contributed by atoms with Crippen molar-refractivity contribution < 1.29 is 8.42 Å². The number of sulfonamides is 1. The summed E-state index contributed by atoms with van der Waals surface area (Å²) in [6.45, 7) is 4.86.